The summed E-state index contributed by atoms with van der Waals surface area (Å²) < 4.78 is 42.2. The van der Waals surface area contributed by atoms with Gasteiger partial charge in [0.05, 0.1) is 70.9 Å². The highest BCUT2D eigenvalue weighted by atomic mass is 32.1. The Balaban J connectivity index is 0.983. The van der Waals surface area contributed by atoms with Crippen LogP contribution in [-0.2, 0) is 36.6 Å². The lowest BCUT2D eigenvalue weighted by molar-refractivity contribution is -0.138. The molecule has 16 nitrogen and oxygen atoms in total. The van der Waals surface area contributed by atoms with E-state index in [1.807, 2.05) is 55.8 Å². The van der Waals surface area contributed by atoms with Crippen LogP contribution in [-0.4, -0.2) is 112 Å². The molecule has 3 aromatic heterocycles. The fourth-order valence-electron chi connectivity index (χ4n) is 12.7. The number of allylic oxidation sites excluding steroid dienone is 1. The van der Waals surface area contributed by atoms with Crippen LogP contribution < -0.4 is 15.4 Å². The molecule has 4 amide bonds. The van der Waals surface area contributed by atoms with E-state index in [0.717, 1.165) is 94.0 Å². The number of aliphatic imine (C=N–C) groups is 1. The Labute approximate surface area is 454 Å². The van der Waals surface area contributed by atoms with Crippen molar-refractivity contribution in [1.29, 1.82) is 0 Å². The molecule has 410 valence electrons. The second-order valence-electron chi connectivity index (χ2n) is 21.8. The van der Waals surface area contributed by atoms with Gasteiger partial charge < -0.3 is 44.4 Å². The van der Waals surface area contributed by atoms with Crippen LogP contribution in [0.25, 0.3) is 39.1 Å². The summed E-state index contributed by atoms with van der Waals surface area (Å²) in [5, 5.41) is 7.53. The minimum atomic E-state index is -0.757. The largest absolute Gasteiger partial charge is 0.464 e. The molecule has 8 unspecified atom stereocenters. The Morgan fingerprint density at radius 2 is 1.60 bits per heavy atom. The summed E-state index contributed by atoms with van der Waals surface area (Å²) in [7, 11) is 2.61. The molecule has 3 N–H and O–H groups in total. The minimum absolute atomic E-state index is 0.0433. The number of carbonyl (C=O) groups excluding carboxylic acids is 4. The molecule has 3 fully saturated rings. The van der Waals surface area contributed by atoms with E-state index in [2.05, 4.69) is 71.3 Å². The fraction of sp³-hybridized carbons (Fsp3) is 0.525. The number of H-pyrrole nitrogens is 1. The monoisotopic (exact) mass is 1070 g/mol. The number of halogens is 1. The van der Waals surface area contributed by atoms with Crippen LogP contribution >= 0.6 is 11.3 Å². The summed E-state index contributed by atoms with van der Waals surface area (Å²) in [4.78, 5) is 72.3. The van der Waals surface area contributed by atoms with Crippen molar-refractivity contribution in [2.45, 2.75) is 155 Å². The molecule has 3 saturated heterocycles. The third kappa shape index (κ3) is 10.4. The number of nitrogens with zero attached hydrogens (tertiary/aromatic N) is 5. The molecule has 0 spiro atoms. The normalized spacial score (nSPS) is 23.9. The number of aromatic nitrogens is 3. The lowest BCUT2D eigenvalue weighted by atomic mass is 9.85. The fourth-order valence-corrected chi connectivity index (χ4v) is 13.6. The summed E-state index contributed by atoms with van der Waals surface area (Å²) in [5.74, 6) is -0.505. The van der Waals surface area contributed by atoms with Crippen molar-refractivity contribution in [2.24, 2.45) is 22.7 Å². The van der Waals surface area contributed by atoms with Crippen molar-refractivity contribution in [3.05, 3.63) is 87.3 Å². The predicted molar refractivity (Wildman–Crippen MR) is 295 cm³/mol. The first-order chi connectivity index (χ1) is 37.1. The second kappa shape index (κ2) is 22.4. The van der Waals surface area contributed by atoms with Gasteiger partial charge in [0, 0.05) is 53.3 Å². The Hall–Kier alpha value is -6.53. The molecule has 0 radical (unpaired) electrons. The number of benzene rings is 2. The van der Waals surface area contributed by atoms with Gasteiger partial charge in [-0.2, -0.15) is 0 Å². The highest BCUT2D eigenvalue weighted by molar-refractivity contribution is 7.11. The van der Waals surface area contributed by atoms with Crippen LogP contribution in [0.2, 0.25) is 0 Å². The van der Waals surface area contributed by atoms with Crippen LogP contribution in [0.1, 0.15) is 139 Å². The number of hydrogen-bond donors (Lipinski definition) is 3. The maximum Gasteiger partial charge on any atom is 0.407 e. The van der Waals surface area contributed by atoms with Gasteiger partial charge in [0.15, 0.2) is 0 Å². The van der Waals surface area contributed by atoms with Crippen LogP contribution in [0.3, 0.4) is 0 Å². The number of amides is 4. The van der Waals surface area contributed by atoms with E-state index >= 15 is 4.39 Å². The number of methoxy groups -OCH3 is 2. The average molecular weight is 1070 g/mol. The predicted octanol–water partition coefficient (Wildman–Crippen LogP) is 11.1. The van der Waals surface area contributed by atoms with Crippen molar-refractivity contribution in [3.63, 3.8) is 0 Å². The van der Waals surface area contributed by atoms with Gasteiger partial charge in [0.25, 0.3) is 0 Å². The second-order valence-corrected chi connectivity index (χ2v) is 22.9. The van der Waals surface area contributed by atoms with Gasteiger partial charge in [0.2, 0.25) is 18.0 Å². The third-order valence-electron chi connectivity index (χ3n) is 16.5. The SMILES string of the molecule is CCc1ncc(C2Oc3cc(C4=CCC(CC)C(C5CCCN5C(=O)C(NC(=O)OC)C(C)C)=N4)cc(F)c3-c3cc4cc(-c5cc(CC)c(C6CCCN6C(=O)C(NC(=O)OC)C6CC(C)OC(C)C6)[nH]5)ccc4n32)s1. The van der Waals surface area contributed by atoms with Crippen molar-refractivity contribution >= 4 is 57.6 Å². The first kappa shape index (κ1) is 53.9. The third-order valence-corrected chi connectivity index (χ3v) is 17.7. The number of ether oxygens (including phenoxy) is 4. The first-order valence-corrected chi connectivity index (χ1v) is 28.5. The molecule has 77 heavy (non-hydrogen) atoms. The Kier molecular flexibility index (Phi) is 15.7. The molecule has 10 rings (SSSR count). The molecular formula is C59H73FN8O8S. The lowest BCUT2D eigenvalue weighted by Gasteiger charge is -2.38. The van der Waals surface area contributed by atoms with Gasteiger partial charge >= 0.3 is 12.2 Å². The van der Waals surface area contributed by atoms with Gasteiger partial charge in [0.1, 0.15) is 23.7 Å². The zero-order valence-electron chi connectivity index (χ0n) is 45.7. The van der Waals surface area contributed by atoms with Crippen molar-refractivity contribution in [1.82, 2.24) is 35.0 Å². The van der Waals surface area contributed by atoms with Crippen LogP contribution in [0.5, 0.6) is 5.75 Å². The van der Waals surface area contributed by atoms with Crippen molar-refractivity contribution in [2.75, 3.05) is 27.3 Å². The number of nitrogens with one attached hydrogen (secondary N) is 3. The van der Waals surface area contributed by atoms with Crippen molar-refractivity contribution in [3.8, 4) is 28.3 Å². The number of hydrogen-bond acceptors (Lipinski definition) is 11. The van der Waals surface area contributed by atoms with Crippen LogP contribution in [0, 0.1) is 23.6 Å². The minimum Gasteiger partial charge on any atom is -0.464 e. The summed E-state index contributed by atoms with van der Waals surface area (Å²) in [6.45, 7) is 15.3. The number of alkyl carbamates (subject to hydrolysis) is 2. The summed E-state index contributed by atoms with van der Waals surface area (Å²) >= 11 is 1.58. The van der Waals surface area contributed by atoms with Crippen molar-refractivity contribution < 1.29 is 42.5 Å². The maximum atomic E-state index is 17.3. The van der Waals surface area contributed by atoms with E-state index < -0.39 is 36.3 Å². The van der Waals surface area contributed by atoms with E-state index in [1.165, 1.54) is 14.2 Å². The molecule has 2 aromatic carbocycles. The standard InChI is InChI=1S/C59H73FN8O8S/c1-10-34-17-19-41(62-52(34)44-15-13-21-66(44)55(69)51(31(4)5)64-58(71)73-8)37-26-40(60)50-46-28-38-25-36(18-20-43(38)68(46)57(76-47(50)29-37)48-30-61-49(12-3)77-48)42-27-35(11-2)53(63-42)45-16-14-22-67(45)56(70)54(65-59(72)74-9)39-23-32(6)75-33(7)24-39/h18-20,25-34,39,44-45,51,54,57,63H,10-17,21-24H2,1-9H3,(H,64,71)(H,65,72). The van der Waals surface area contributed by atoms with Crippen LogP contribution in [0.4, 0.5) is 14.0 Å². The number of thiazole rings is 1. The maximum absolute atomic E-state index is 17.3. The number of rotatable bonds is 14. The molecular weight excluding hydrogens is 1000 g/mol. The highest BCUT2D eigenvalue weighted by Crippen LogP contribution is 2.49. The quantitative estimate of drug-likeness (QED) is 0.0975. The topological polar surface area (TPSA) is 182 Å². The first-order valence-electron chi connectivity index (χ1n) is 27.7. The number of likely N-dealkylation sites (tertiary alicyclic amines) is 2. The molecule has 18 heteroatoms. The molecule has 8 atom stereocenters. The highest BCUT2D eigenvalue weighted by Gasteiger charge is 2.44. The molecule has 5 aliphatic rings. The summed E-state index contributed by atoms with van der Waals surface area (Å²) in [5.41, 5.74) is 7.96. The molecule has 5 aromatic rings. The molecule has 8 heterocycles. The van der Waals surface area contributed by atoms with Gasteiger partial charge in [-0.05, 0) is 137 Å². The Bertz CT molecular complexity index is 3110. The summed E-state index contributed by atoms with van der Waals surface area (Å²) in [6.07, 6.45) is 9.37. The number of carbonyl (C=O) groups is 4. The smallest absolute Gasteiger partial charge is 0.407 e. The van der Waals surface area contributed by atoms with E-state index in [0.29, 0.717) is 60.6 Å². The molecule has 5 aliphatic heterocycles. The average Bonchev–Trinajstić information content (AvgIpc) is 4.44. The molecule has 0 aliphatic carbocycles. The van der Waals surface area contributed by atoms with E-state index in [-0.39, 0.29) is 53.9 Å². The van der Waals surface area contributed by atoms with Crippen LogP contribution in [0.15, 0.2) is 59.7 Å². The van der Waals surface area contributed by atoms with Gasteiger partial charge in [-0.15, -0.1) is 11.3 Å². The zero-order valence-corrected chi connectivity index (χ0v) is 46.6. The zero-order chi connectivity index (χ0) is 54.4. The Morgan fingerprint density at radius 3 is 2.27 bits per heavy atom. The number of aryl methyl sites for hydroxylation is 2. The van der Waals surface area contributed by atoms with E-state index in [4.69, 9.17) is 28.9 Å². The summed E-state index contributed by atoms with van der Waals surface area (Å²) in [6, 6.07) is 12.0. The van der Waals surface area contributed by atoms with Gasteiger partial charge in [-0.1, -0.05) is 46.8 Å². The lowest BCUT2D eigenvalue weighted by Crippen LogP contribution is -2.54. The Morgan fingerprint density at radius 1 is 0.883 bits per heavy atom. The number of aromatic amines is 1. The van der Waals surface area contributed by atoms with E-state index in [9.17, 15) is 19.2 Å². The van der Waals surface area contributed by atoms with Gasteiger partial charge in [-0.3, -0.25) is 19.1 Å². The van der Waals surface area contributed by atoms with E-state index in [1.54, 1.807) is 17.4 Å². The number of fused-ring (bicyclic) bond motifs is 5. The molecule has 0 saturated carbocycles. The molecule has 0 bridgehead atoms. The van der Waals surface area contributed by atoms with Gasteiger partial charge in [-0.25, -0.2) is 19.0 Å².